The third-order valence-electron chi connectivity index (χ3n) is 4.98. The summed E-state index contributed by atoms with van der Waals surface area (Å²) >= 11 is 0. The molecule has 7 nitrogen and oxygen atoms in total. The molecule has 0 aliphatic carbocycles. The lowest BCUT2D eigenvalue weighted by Crippen LogP contribution is -2.35. The topological polar surface area (TPSA) is 88.1 Å². The number of hydrogen-bond acceptors (Lipinski definition) is 7. The quantitative estimate of drug-likeness (QED) is 0.582. The van der Waals surface area contributed by atoms with Crippen molar-refractivity contribution in [3.05, 3.63) is 0 Å². The maximum Gasteiger partial charge on any atom is 0.143 e. The second kappa shape index (κ2) is 16.5. The molecule has 4 aliphatic heterocycles. The van der Waals surface area contributed by atoms with E-state index in [2.05, 4.69) is 0 Å². The molecule has 1 atom stereocenters. The summed E-state index contributed by atoms with van der Waals surface area (Å²) in [7, 11) is 0. The molecule has 0 saturated carbocycles. The first-order valence-corrected chi connectivity index (χ1v) is 10.7. The van der Waals surface area contributed by atoms with Crippen molar-refractivity contribution in [2.24, 2.45) is 11.3 Å². The van der Waals surface area contributed by atoms with Gasteiger partial charge in [0.15, 0.2) is 0 Å². The van der Waals surface area contributed by atoms with E-state index in [1.807, 2.05) is 20.8 Å². The van der Waals surface area contributed by atoms with Crippen LogP contribution in [0.5, 0.6) is 0 Å². The molecule has 0 N–H and O–H groups in total. The van der Waals surface area contributed by atoms with E-state index < -0.39 is 0 Å². The fourth-order valence-electron chi connectivity index (χ4n) is 2.79. The van der Waals surface area contributed by atoms with Crippen molar-refractivity contribution in [2.75, 3.05) is 52.9 Å². The number of Topliss-reactive ketones (excluding diaryl/α,β-unsaturated/α-hetero) is 3. The van der Waals surface area contributed by atoms with Crippen LogP contribution < -0.4 is 0 Å². The highest BCUT2D eigenvalue weighted by molar-refractivity contribution is 5.84. The molecule has 176 valence electrons. The molecule has 0 amide bonds. The maximum absolute atomic E-state index is 11.0. The van der Waals surface area contributed by atoms with Crippen LogP contribution in [0.2, 0.25) is 0 Å². The fourth-order valence-corrected chi connectivity index (χ4v) is 2.79. The summed E-state index contributed by atoms with van der Waals surface area (Å²) in [4.78, 5) is 32.1. The normalized spacial score (nSPS) is 25.3. The van der Waals surface area contributed by atoms with Crippen LogP contribution in [-0.2, 0) is 33.3 Å². The Kier molecular flexibility index (Phi) is 15.9. The predicted octanol–water partition coefficient (Wildman–Crippen LogP) is 3.41. The van der Waals surface area contributed by atoms with Gasteiger partial charge in [0, 0.05) is 50.2 Å². The summed E-state index contributed by atoms with van der Waals surface area (Å²) in [6, 6.07) is 0. The van der Waals surface area contributed by atoms with E-state index in [-0.39, 0.29) is 18.8 Å². The lowest BCUT2D eigenvalue weighted by molar-refractivity contribution is -0.137. The van der Waals surface area contributed by atoms with Crippen molar-refractivity contribution in [1.29, 1.82) is 0 Å². The summed E-state index contributed by atoms with van der Waals surface area (Å²) < 4.78 is 20.0. The van der Waals surface area contributed by atoms with E-state index in [0.717, 1.165) is 13.2 Å². The number of rotatable bonds is 0. The Bertz CT molecular complexity index is 482. The van der Waals surface area contributed by atoms with Crippen LogP contribution in [0.4, 0.5) is 0 Å². The first kappa shape index (κ1) is 28.9. The van der Waals surface area contributed by atoms with E-state index in [4.69, 9.17) is 18.9 Å². The van der Waals surface area contributed by atoms with Gasteiger partial charge < -0.3 is 18.9 Å². The molecule has 4 rings (SSSR count). The van der Waals surface area contributed by atoms with Gasteiger partial charge in [-0.25, -0.2) is 0 Å². The molecule has 4 fully saturated rings. The van der Waals surface area contributed by atoms with Gasteiger partial charge in [0.05, 0.1) is 39.6 Å². The molecule has 4 saturated heterocycles. The van der Waals surface area contributed by atoms with Gasteiger partial charge in [-0.15, -0.1) is 0 Å². The molecule has 0 aromatic carbocycles. The van der Waals surface area contributed by atoms with E-state index in [1.165, 1.54) is 12.8 Å². The number of ketones is 3. The van der Waals surface area contributed by atoms with Crippen molar-refractivity contribution in [1.82, 2.24) is 0 Å². The Morgan fingerprint density at radius 3 is 1.57 bits per heavy atom. The minimum absolute atomic E-state index is 0. The summed E-state index contributed by atoms with van der Waals surface area (Å²) in [5.74, 6) is 1.15. The average molecular weight is 431 g/mol. The zero-order chi connectivity index (χ0) is 21.5. The van der Waals surface area contributed by atoms with Gasteiger partial charge in [0.25, 0.3) is 0 Å². The van der Waals surface area contributed by atoms with Crippen LogP contribution in [0.3, 0.4) is 0 Å². The fraction of sp³-hybridized carbons (Fsp3) is 0.870. The molecule has 0 spiro atoms. The van der Waals surface area contributed by atoms with Crippen molar-refractivity contribution < 1.29 is 33.3 Å². The summed E-state index contributed by atoms with van der Waals surface area (Å²) in [5.41, 5.74) is -0.224. The molecule has 1 unspecified atom stereocenters. The number of ether oxygens (including phenoxy) is 4. The van der Waals surface area contributed by atoms with Gasteiger partial charge >= 0.3 is 0 Å². The maximum atomic E-state index is 11.0. The molecule has 7 heteroatoms. The third kappa shape index (κ3) is 13.2. The van der Waals surface area contributed by atoms with Crippen molar-refractivity contribution >= 4 is 17.3 Å². The average Bonchev–Trinajstić information content (AvgIpc) is 3.28. The van der Waals surface area contributed by atoms with Crippen molar-refractivity contribution in [3.8, 4) is 0 Å². The second-order valence-corrected chi connectivity index (χ2v) is 8.27. The molecule has 0 radical (unpaired) electrons. The molecule has 0 bridgehead atoms. The first-order chi connectivity index (χ1) is 13.8. The zero-order valence-electron chi connectivity index (χ0n) is 18.3. The predicted molar refractivity (Wildman–Crippen MR) is 116 cm³/mol. The van der Waals surface area contributed by atoms with E-state index in [0.29, 0.717) is 82.7 Å². The zero-order valence-corrected chi connectivity index (χ0v) is 18.3. The Labute approximate surface area is 182 Å². The molecular weight excluding hydrogens is 388 g/mol. The number of carbonyl (C=O) groups is 3. The van der Waals surface area contributed by atoms with Crippen LogP contribution in [0, 0.1) is 11.3 Å². The number of carbonyl (C=O) groups excluding carboxylic acids is 3. The Balaban J connectivity index is 0.000000376. The highest BCUT2D eigenvalue weighted by atomic mass is 16.5. The molecule has 30 heavy (non-hydrogen) atoms. The second-order valence-electron chi connectivity index (χ2n) is 8.27. The van der Waals surface area contributed by atoms with Crippen LogP contribution in [0.25, 0.3) is 0 Å². The molecule has 4 heterocycles. The van der Waals surface area contributed by atoms with Crippen LogP contribution >= 0.6 is 0 Å². The summed E-state index contributed by atoms with van der Waals surface area (Å²) in [6.07, 6.45) is 5.01. The number of hydrogen-bond donors (Lipinski definition) is 0. The van der Waals surface area contributed by atoms with Gasteiger partial charge in [-0.2, -0.15) is 0 Å². The highest BCUT2D eigenvalue weighted by Crippen LogP contribution is 2.22. The Morgan fingerprint density at radius 1 is 0.733 bits per heavy atom. The lowest BCUT2D eigenvalue weighted by atomic mass is 9.86. The molecular formula is C23H42O7. The van der Waals surface area contributed by atoms with Crippen molar-refractivity contribution in [3.63, 3.8) is 0 Å². The van der Waals surface area contributed by atoms with Crippen molar-refractivity contribution in [2.45, 2.75) is 66.7 Å². The summed E-state index contributed by atoms with van der Waals surface area (Å²) in [5, 5.41) is 0. The highest BCUT2D eigenvalue weighted by Gasteiger charge is 2.30. The van der Waals surface area contributed by atoms with E-state index in [9.17, 15) is 14.4 Å². The molecule has 0 aromatic heterocycles. The van der Waals surface area contributed by atoms with Crippen LogP contribution in [-0.4, -0.2) is 70.2 Å². The van der Waals surface area contributed by atoms with E-state index >= 15 is 0 Å². The van der Waals surface area contributed by atoms with E-state index in [1.54, 1.807) is 0 Å². The largest absolute Gasteiger partial charge is 0.381 e. The Hall–Kier alpha value is -1.15. The van der Waals surface area contributed by atoms with Gasteiger partial charge in [-0.3, -0.25) is 14.4 Å². The van der Waals surface area contributed by atoms with Gasteiger partial charge in [-0.05, 0) is 12.8 Å². The minimum atomic E-state index is -0.224. The third-order valence-corrected chi connectivity index (χ3v) is 4.98. The SMILES string of the molecule is C.C1CCOC1.CC1(C)COCCC1=O.CC1COCCC1=O.O=C1CCOCC1. The molecule has 4 aliphatic rings. The monoisotopic (exact) mass is 430 g/mol. The van der Waals surface area contributed by atoms with Gasteiger partial charge in [0.2, 0.25) is 0 Å². The first-order valence-electron chi connectivity index (χ1n) is 10.7. The van der Waals surface area contributed by atoms with Gasteiger partial charge in [-0.1, -0.05) is 28.2 Å². The van der Waals surface area contributed by atoms with Crippen LogP contribution in [0.1, 0.15) is 66.7 Å². The smallest absolute Gasteiger partial charge is 0.143 e. The molecule has 0 aromatic rings. The minimum Gasteiger partial charge on any atom is -0.381 e. The summed E-state index contributed by atoms with van der Waals surface area (Å²) in [6.45, 7) is 11.5. The lowest BCUT2D eigenvalue weighted by Gasteiger charge is -2.27. The van der Waals surface area contributed by atoms with Crippen LogP contribution in [0.15, 0.2) is 0 Å². The van der Waals surface area contributed by atoms with Gasteiger partial charge in [0.1, 0.15) is 17.3 Å². The Morgan fingerprint density at radius 2 is 1.27 bits per heavy atom. The standard InChI is InChI=1S/C7H12O2.C6H10O2.C5H8O2.C4H8O.CH4/c1-7(2)5-9-4-3-6(7)8;1-5-4-8-3-2-6(5)7;6-5-1-3-7-4-2-5;1-2-4-5-3-1;/h3-5H2,1-2H3;5H,2-4H2,1H3;1-4H2;1-4H2;1H4.